The number of hydrogen-bond donors (Lipinski definition) is 1. The summed E-state index contributed by atoms with van der Waals surface area (Å²) in [6.07, 6.45) is 5.40. The molecule has 37 heavy (non-hydrogen) atoms. The maximum atomic E-state index is 13.8. The van der Waals surface area contributed by atoms with Crippen molar-refractivity contribution in [3.8, 4) is 0 Å². The third kappa shape index (κ3) is 7.39. The van der Waals surface area contributed by atoms with Crippen LogP contribution in [-0.4, -0.2) is 50.0 Å². The topological polar surface area (TPSA) is 86.8 Å². The number of nitrogens with zero attached hydrogens (tertiary/aromatic N) is 2. The highest BCUT2D eigenvalue weighted by atomic mass is 35.5. The van der Waals surface area contributed by atoms with Gasteiger partial charge in [0.1, 0.15) is 12.6 Å². The largest absolute Gasteiger partial charge is 0.352 e. The Labute approximate surface area is 230 Å². The van der Waals surface area contributed by atoms with Crippen LogP contribution in [0.15, 0.2) is 36.4 Å². The number of carbonyl (C=O) groups is 2. The minimum absolute atomic E-state index is 0.0801. The standard InChI is InChI=1S/C27H35Cl2N3O4S/c1-5-24(27(34)30-21-10-6-7-11-21)31(16-20-13-14-22(28)23(29)15-20)26(33)17-32(37(4,35)36)25-12-8-9-18(2)19(25)3/h8-9,12-15,21,24H,5-7,10-11,16-17H2,1-4H3,(H,30,34)/t24-/m0/s1. The van der Waals surface area contributed by atoms with Crippen LogP contribution in [0.1, 0.15) is 55.7 Å². The Morgan fingerprint density at radius 3 is 2.35 bits per heavy atom. The SMILES string of the molecule is CC[C@@H](C(=O)NC1CCCC1)N(Cc1ccc(Cl)c(Cl)c1)C(=O)CN(c1cccc(C)c1C)S(C)(=O)=O. The summed E-state index contributed by atoms with van der Waals surface area (Å²) in [5.41, 5.74) is 2.80. The van der Waals surface area contributed by atoms with Gasteiger partial charge in [0.2, 0.25) is 21.8 Å². The number of aryl methyl sites for hydroxylation is 1. The number of carbonyl (C=O) groups excluding carboxylic acids is 2. The predicted octanol–water partition coefficient (Wildman–Crippen LogP) is 5.24. The van der Waals surface area contributed by atoms with Gasteiger partial charge < -0.3 is 10.2 Å². The van der Waals surface area contributed by atoms with E-state index in [1.54, 1.807) is 30.3 Å². The lowest BCUT2D eigenvalue weighted by Crippen LogP contribution is -2.53. The van der Waals surface area contributed by atoms with Gasteiger partial charge >= 0.3 is 0 Å². The van der Waals surface area contributed by atoms with E-state index >= 15 is 0 Å². The Hall–Kier alpha value is -2.29. The van der Waals surface area contributed by atoms with Crippen molar-refractivity contribution in [3.05, 3.63) is 63.1 Å². The van der Waals surface area contributed by atoms with Gasteiger partial charge in [-0.3, -0.25) is 13.9 Å². The van der Waals surface area contributed by atoms with Crippen LogP contribution in [0.5, 0.6) is 0 Å². The number of benzene rings is 2. The predicted molar refractivity (Wildman–Crippen MR) is 150 cm³/mol. The fourth-order valence-electron chi connectivity index (χ4n) is 4.72. The van der Waals surface area contributed by atoms with Crippen LogP contribution in [0.25, 0.3) is 0 Å². The minimum Gasteiger partial charge on any atom is -0.352 e. The van der Waals surface area contributed by atoms with Crippen LogP contribution in [0.2, 0.25) is 10.0 Å². The zero-order valence-electron chi connectivity index (χ0n) is 21.8. The van der Waals surface area contributed by atoms with Gasteiger partial charge in [0, 0.05) is 12.6 Å². The molecule has 0 heterocycles. The van der Waals surface area contributed by atoms with Crippen molar-refractivity contribution in [2.24, 2.45) is 0 Å². The van der Waals surface area contributed by atoms with E-state index < -0.39 is 28.5 Å². The Morgan fingerprint density at radius 2 is 1.76 bits per heavy atom. The fraction of sp³-hybridized carbons (Fsp3) is 0.481. The molecule has 202 valence electrons. The summed E-state index contributed by atoms with van der Waals surface area (Å²) in [5, 5.41) is 3.81. The summed E-state index contributed by atoms with van der Waals surface area (Å²) in [6.45, 7) is 5.20. The highest BCUT2D eigenvalue weighted by Crippen LogP contribution is 2.27. The molecule has 0 unspecified atom stereocenters. The van der Waals surface area contributed by atoms with E-state index in [9.17, 15) is 18.0 Å². The zero-order valence-corrected chi connectivity index (χ0v) is 24.1. The van der Waals surface area contributed by atoms with E-state index in [2.05, 4.69) is 5.32 Å². The van der Waals surface area contributed by atoms with Gasteiger partial charge in [-0.1, -0.05) is 61.2 Å². The highest BCUT2D eigenvalue weighted by molar-refractivity contribution is 7.92. The monoisotopic (exact) mass is 567 g/mol. The third-order valence-electron chi connectivity index (χ3n) is 6.95. The average molecular weight is 569 g/mol. The van der Waals surface area contributed by atoms with Crippen LogP contribution in [0, 0.1) is 13.8 Å². The molecule has 2 amide bonds. The molecule has 2 aromatic rings. The first kappa shape index (κ1) is 29.3. The molecule has 3 rings (SSSR count). The van der Waals surface area contributed by atoms with Gasteiger partial charge in [0.25, 0.3) is 0 Å². The molecule has 10 heteroatoms. The normalized spacial score (nSPS) is 14.9. The number of hydrogen-bond acceptors (Lipinski definition) is 4. The molecular formula is C27H35Cl2N3O4S. The second-order valence-electron chi connectivity index (χ2n) is 9.67. The van der Waals surface area contributed by atoms with Gasteiger partial charge in [0.05, 0.1) is 22.0 Å². The molecule has 0 saturated heterocycles. The lowest BCUT2D eigenvalue weighted by molar-refractivity contribution is -0.140. The van der Waals surface area contributed by atoms with Crippen LogP contribution in [-0.2, 0) is 26.2 Å². The van der Waals surface area contributed by atoms with Crippen molar-refractivity contribution < 1.29 is 18.0 Å². The lowest BCUT2D eigenvalue weighted by Gasteiger charge is -2.34. The van der Waals surface area contributed by atoms with E-state index in [1.165, 1.54) is 4.90 Å². The second kappa shape index (κ2) is 12.5. The lowest BCUT2D eigenvalue weighted by atomic mass is 10.1. The molecule has 0 radical (unpaired) electrons. The number of halogens is 2. The van der Waals surface area contributed by atoms with Crippen LogP contribution < -0.4 is 9.62 Å². The molecule has 1 atom stereocenters. The third-order valence-corrected chi connectivity index (χ3v) is 8.81. The molecule has 1 aliphatic rings. The summed E-state index contributed by atoms with van der Waals surface area (Å²) in [4.78, 5) is 28.7. The first-order valence-corrected chi connectivity index (χ1v) is 15.1. The first-order valence-electron chi connectivity index (χ1n) is 12.5. The molecule has 7 nitrogen and oxygen atoms in total. The molecule has 0 bridgehead atoms. The Balaban J connectivity index is 1.97. The molecule has 0 aromatic heterocycles. The van der Waals surface area contributed by atoms with E-state index in [0.29, 0.717) is 27.7 Å². The zero-order chi connectivity index (χ0) is 27.3. The molecular weight excluding hydrogens is 533 g/mol. The molecule has 1 fully saturated rings. The van der Waals surface area contributed by atoms with Crippen LogP contribution >= 0.6 is 23.2 Å². The van der Waals surface area contributed by atoms with Crippen molar-refractivity contribution in [3.63, 3.8) is 0 Å². The Morgan fingerprint density at radius 1 is 1.08 bits per heavy atom. The minimum atomic E-state index is -3.80. The van der Waals surface area contributed by atoms with Gasteiger partial charge in [-0.25, -0.2) is 8.42 Å². The smallest absolute Gasteiger partial charge is 0.244 e. The highest BCUT2D eigenvalue weighted by Gasteiger charge is 2.33. The number of rotatable bonds is 10. The summed E-state index contributed by atoms with van der Waals surface area (Å²) in [6, 6.07) is 9.69. The first-order chi connectivity index (χ1) is 17.4. The Kier molecular flexibility index (Phi) is 9.89. The average Bonchev–Trinajstić information content (AvgIpc) is 3.34. The molecule has 1 aliphatic carbocycles. The number of anilines is 1. The fourth-order valence-corrected chi connectivity index (χ4v) is 5.94. The second-order valence-corrected chi connectivity index (χ2v) is 12.4. The van der Waals surface area contributed by atoms with Crippen LogP contribution in [0.3, 0.4) is 0 Å². The molecule has 1 N–H and O–H groups in total. The van der Waals surface area contributed by atoms with Crippen LogP contribution in [0.4, 0.5) is 5.69 Å². The summed E-state index contributed by atoms with van der Waals surface area (Å²) in [7, 11) is -3.80. The summed E-state index contributed by atoms with van der Waals surface area (Å²) in [5.74, 6) is -0.716. The van der Waals surface area contributed by atoms with Gasteiger partial charge in [0.15, 0.2) is 0 Å². The van der Waals surface area contributed by atoms with E-state index in [-0.39, 0.29) is 18.5 Å². The van der Waals surface area contributed by atoms with Gasteiger partial charge in [-0.05, 0) is 68.0 Å². The van der Waals surface area contributed by atoms with Crippen molar-refractivity contribution in [1.82, 2.24) is 10.2 Å². The molecule has 1 saturated carbocycles. The van der Waals surface area contributed by atoms with E-state index in [4.69, 9.17) is 23.2 Å². The van der Waals surface area contributed by atoms with E-state index in [0.717, 1.165) is 47.4 Å². The van der Waals surface area contributed by atoms with E-state index in [1.807, 2.05) is 26.8 Å². The molecule has 0 spiro atoms. The van der Waals surface area contributed by atoms with Crippen molar-refractivity contribution in [2.75, 3.05) is 17.1 Å². The summed E-state index contributed by atoms with van der Waals surface area (Å²) >= 11 is 12.3. The van der Waals surface area contributed by atoms with Gasteiger partial charge in [-0.15, -0.1) is 0 Å². The van der Waals surface area contributed by atoms with Crippen molar-refractivity contribution in [1.29, 1.82) is 0 Å². The summed E-state index contributed by atoms with van der Waals surface area (Å²) < 4.78 is 26.8. The van der Waals surface area contributed by atoms with Crippen molar-refractivity contribution in [2.45, 2.75) is 71.5 Å². The number of nitrogens with one attached hydrogen (secondary N) is 1. The number of sulfonamides is 1. The number of amides is 2. The van der Waals surface area contributed by atoms with Gasteiger partial charge in [-0.2, -0.15) is 0 Å². The molecule has 0 aliphatic heterocycles. The Bertz CT molecular complexity index is 1250. The maximum Gasteiger partial charge on any atom is 0.244 e. The maximum absolute atomic E-state index is 13.8. The quantitative estimate of drug-likeness (QED) is 0.425. The molecule has 2 aromatic carbocycles. The van der Waals surface area contributed by atoms with Crippen molar-refractivity contribution >= 4 is 50.7 Å².